The topological polar surface area (TPSA) is 42.7 Å². The number of hydrogen-bond acceptors (Lipinski definition) is 3. The summed E-state index contributed by atoms with van der Waals surface area (Å²) in [6.45, 7) is 0. The molecule has 1 saturated heterocycles. The summed E-state index contributed by atoms with van der Waals surface area (Å²) in [5.41, 5.74) is 1.34. The highest BCUT2D eigenvalue weighted by Gasteiger charge is 2.44. The van der Waals surface area contributed by atoms with Crippen LogP contribution >= 0.6 is 0 Å². The molecule has 1 aliphatic heterocycles. The molecular formula is C13H8O3. The van der Waals surface area contributed by atoms with Gasteiger partial charge in [0.1, 0.15) is 23.6 Å². The number of para-hydroxylation sites is 1. The predicted molar refractivity (Wildman–Crippen MR) is 59.1 cm³/mol. The maximum Gasteiger partial charge on any atom is 0.199 e. The van der Waals surface area contributed by atoms with Gasteiger partial charge >= 0.3 is 0 Å². The highest BCUT2D eigenvalue weighted by molar-refractivity contribution is 5.79. The first kappa shape index (κ1) is 8.30. The van der Waals surface area contributed by atoms with Gasteiger partial charge in [-0.15, -0.1) is 0 Å². The van der Waals surface area contributed by atoms with Crippen molar-refractivity contribution >= 4 is 17.0 Å². The normalized spacial score (nSPS) is 25.2. The second kappa shape index (κ2) is 2.62. The van der Waals surface area contributed by atoms with E-state index in [0.29, 0.717) is 22.3 Å². The van der Waals surface area contributed by atoms with Crippen LogP contribution in [0.15, 0.2) is 39.6 Å². The summed E-state index contributed by atoms with van der Waals surface area (Å²) in [6.07, 6.45) is 3.76. The van der Waals surface area contributed by atoms with Gasteiger partial charge in [0.15, 0.2) is 5.43 Å². The van der Waals surface area contributed by atoms with Gasteiger partial charge in [-0.2, -0.15) is 0 Å². The third-order valence-electron chi connectivity index (χ3n) is 3.11. The molecule has 2 heterocycles. The molecular weight excluding hydrogens is 204 g/mol. The molecule has 4 rings (SSSR count). The van der Waals surface area contributed by atoms with Gasteiger partial charge in [0.05, 0.1) is 10.9 Å². The van der Waals surface area contributed by atoms with Crippen LogP contribution in [0.4, 0.5) is 0 Å². The van der Waals surface area contributed by atoms with Crippen molar-refractivity contribution in [3.63, 3.8) is 0 Å². The van der Waals surface area contributed by atoms with Gasteiger partial charge in [0, 0.05) is 0 Å². The van der Waals surface area contributed by atoms with Crippen LogP contribution in [0.5, 0.6) is 0 Å². The Labute approximate surface area is 91.0 Å². The fourth-order valence-corrected chi connectivity index (χ4v) is 2.25. The molecule has 3 nitrogen and oxygen atoms in total. The second-order valence-electron chi connectivity index (χ2n) is 4.09. The lowest BCUT2D eigenvalue weighted by atomic mass is 10.0. The summed E-state index contributed by atoms with van der Waals surface area (Å²) >= 11 is 0. The summed E-state index contributed by atoms with van der Waals surface area (Å²) in [5, 5.41) is 0.630. The van der Waals surface area contributed by atoms with E-state index in [9.17, 15) is 4.79 Å². The van der Waals surface area contributed by atoms with Crippen LogP contribution in [0, 0.1) is 0 Å². The maximum atomic E-state index is 12.2. The summed E-state index contributed by atoms with van der Waals surface area (Å²) in [4.78, 5) is 12.2. The molecule has 0 spiro atoms. The molecule has 0 bridgehead atoms. The molecule has 16 heavy (non-hydrogen) atoms. The molecule has 0 amide bonds. The fourth-order valence-electron chi connectivity index (χ4n) is 2.25. The summed E-state index contributed by atoms with van der Waals surface area (Å²) in [7, 11) is 0. The van der Waals surface area contributed by atoms with Crippen molar-refractivity contribution < 1.29 is 9.15 Å². The van der Waals surface area contributed by atoms with Crippen LogP contribution in [-0.2, 0) is 4.74 Å². The molecule has 78 valence electrons. The van der Waals surface area contributed by atoms with E-state index in [-0.39, 0.29) is 17.6 Å². The summed E-state index contributed by atoms with van der Waals surface area (Å²) in [6, 6.07) is 7.30. The molecule has 1 fully saturated rings. The van der Waals surface area contributed by atoms with Crippen molar-refractivity contribution in [2.24, 2.45) is 0 Å². The summed E-state index contributed by atoms with van der Waals surface area (Å²) < 4.78 is 11.1. The van der Waals surface area contributed by atoms with Crippen molar-refractivity contribution in [2.75, 3.05) is 0 Å². The van der Waals surface area contributed by atoms with Crippen LogP contribution in [0.2, 0.25) is 0 Å². The molecule has 0 saturated carbocycles. The van der Waals surface area contributed by atoms with E-state index < -0.39 is 0 Å². The Kier molecular flexibility index (Phi) is 1.36. The third-order valence-corrected chi connectivity index (χ3v) is 3.11. The Morgan fingerprint density at radius 1 is 1.19 bits per heavy atom. The lowest BCUT2D eigenvalue weighted by Crippen LogP contribution is -2.13. The Morgan fingerprint density at radius 2 is 2.06 bits per heavy atom. The van der Waals surface area contributed by atoms with E-state index in [2.05, 4.69) is 0 Å². The van der Waals surface area contributed by atoms with Crippen molar-refractivity contribution in [2.45, 2.75) is 12.2 Å². The molecule has 1 aliphatic carbocycles. The highest BCUT2D eigenvalue weighted by Crippen LogP contribution is 2.44. The van der Waals surface area contributed by atoms with Gasteiger partial charge in [-0.3, -0.25) is 4.79 Å². The molecule has 2 atom stereocenters. The quantitative estimate of drug-likeness (QED) is 0.629. The Hall–Kier alpha value is -1.87. The zero-order valence-corrected chi connectivity index (χ0v) is 8.34. The van der Waals surface area contributed by atoms with Crippen molar-refractivity contribution in [1.82, 2.24) is 0 Å². The Balaban J connectivity index is 2.18. The number of epoxide rings is 1. The number of hydrogen-bond donors (Lipinski definition) is 0. The second-order valence-corrected chi connectivity index (χ2v) is 4.09. The first-order chi connectivity index (χ1) is 7.84. The molecule has 2 aliphatic rings. The van der Waals surface area contributed by atoms with Gasteiger partial charge in [0.2, 0.25) is 0 Å². The van der Waals surface area contributed by atoms with E-state index in [1.165, 1.54) is 0 Å². The summed E-state index contributed by atoms with van der Waals surface area (Å²) in [5.74, 6) is 0.641. The number of ether oxygens (including phenoxy) is 1. The zero-order chi connectivity index (χ0) is 10.7. The van der Waals surface area contributed by atoms with Gasteiger partial charge in [-0.25, -0.2) is 0 Å². The molecule has 1 aromatic heterocycles. The van der Waals surface area contributed by atoms with E-state index >= 15 is 0 Å². The minimum Gasteiger partial charge on any atom is -0.456 e. The SMILES string of the molecule is O=c1c2c(oc3ccccc13)C=CC1OC21. The van der Waals surface area contributed by atoms with Crippen LogP contribution in [0.1, 0.15) is 17.4 Å². The minimum atomic E-state index is -0.0825. The van der Waals surface area contributed by atoms with Crippen molar-refractivity contribution in [1.29, 1.82) is 0 Å². The first-order valence-corrected chi connectivity index (χ1v) is 5.24. The smallest absolute Gasteiger partial charge is 0.199 e. The standard InChI is InChI=1S/C13H8O3/c14-12-7-3-1-2-4-8(7)15-9-5-6-10-13(16-10)11(9)12/h1-6,10,13H. The van der Waals surface area contributed by atoms with Gasteiger partial charge in [0.25, 0.3) is 0 Å². The van der Waals surface area contributed by atoms with Gasteiger partial charge < -0.3 is 9.15 Å². The third kappa shape index (κ3) is 0.933. The zero-order valence-electron chi connectivity index (χ0n) is 8.34. The average Bonchev–Trinajstić information content (AvgIpc) is 3.08. The predicted octanol–water partition coefficient (Wildman–Crippen LogP) is 2.26. The van der Waals surface area contributed by atoms with Crippen LogP contribution in [0.25, 0.3) is 17.0 Å². The largest absolute Gasteiger partial charge is 0.456 e. The molecule has 0 N–H and O–H groups in total. The fraction of sp³-hybridized carbons (Fsp3) is 0.154. The van der Waals surface area contributed by atoms with E-state index in [1.807, 2.05) is 30.4 Å². The molecule has 2 unspecified atom stereocenters. The van der Waals surface area contributed by atoms with Gasteiger partial charge in [-0.05, 0) is 24.3 Å². The van der Waals surface area contributed by atoms with Crippen LogP contribution in [-0.4, -0.2) is 6.10 Å². The van der Waals surface area contributed by atoms with Crippen LogP contribution in [0.3, 0.4) is 0 Å². The monoisotopic (exact) mass is 212 g/mol. The molecule has 0 radical (unpaired) electrons. The van der Waals surface area contributed by atoms with E-state index in [1.54, 1.807) is 6.07 Å². The number of rotatable bonds is 0. The lowest BCUT2D eigenvalue weighted by Gasteiger charge is -2.06. The molecule has 1 aromatic carbocycles. The lowest BCUT2D eigenvalue weighted by molar-refractivity contribution is 0.392. The first-order valence-electron chi connectivity index (χ1n) is 5.24. The van der Waals surface area contributed by atoms with Crippen LogP contribution < -0.4 is 5.43 Å². The Morgan fingerprint density at radius 3 is 3.00 bits per heavy atom. The average molecular weight is 212 g/mol. The number of benzene rings is 1. The van der Waals surface area contributed by atoms with Gasteiger partial charge in [-0.1, -0.05) is 12.1 Å². The van der Waals surface area contributed by atoms with Crippen molar-refractivity contribution in [3.8, 4) is 0 Å². The minimum absolute atomic E-state index is 0.0358. The molecule has 2 aromatic rings. The maximum absolute atomic E-state index is 12.2. The number of fused-ring (bicyclic) bond motifs is 4. The van der Waals surface area contributed by atoms with E-state index in [0.717, 1.165) is 0 Å². The Bertz CT molecular complexity index is 681. The van der Waals surface area contributed by atoms with E-state index in [4.69, 9.17) is 9.15 Å². The van der Waals surface area contributed by atoms with Crippen molar-refractivity contribution in [3.05, 3.63) is 51.9 Å². The molecule has 3 heteroatoms. The highest BCUT2D eigenvalue weighted by atomic mass is 16.6.